The Kier molecular flexibility index (Phi) is 3.61. The molecule has 0 aliphatic heterocycles. The highest BCUT2D eigenvalue weighted by Gasteiger charge is 2.20. The standard InChI is InChI=1S/C19H17BO2S/c1-2-5-12-8-9-15-17(10-12)23-19-16(20(21)22)11-13-6-3-4-7-14(13)18(15)19/h3-4,6-11,21-22H,2,5H2,1H3. The van der Waals surface area contributed by atoms with Crippen molar-refractivity contribution in [1.82, 2.24) is 0 Å². The fourth-order valence-corrected chi connectivity index (χ4v) is 4.65. The minimum Gasteiger partial charge on any atom is -0.423 e. The van der Waals surface area contributed by atoms with E-state index in [0.29, 0.717) is 5.46 Å². The second-order valence-electron chi connectivity index (χ2n) is 5.95. The molecule has 0 aliphatic rings. The Morgan fingerprint density at radius 3 is 2.61 bits per heavy atom. The highest BCUT2D eigenvalue weighted by Crippen LogP contribution is 2.38. The SMILES string of the molecule is CCCc1ccc2c(c1)sc1c(B(O)O)cc3ccccc3c12. The average molecular weight is 320 g/mol. The van der Waals surface area contributed by atoms with Crippen molar-refractivity contribution >= 4 is 54.9 Å². The highest BCUT2D eigenvalue weighted by molar-refractivity contribution is 7.27. The minimum atomic E-state index is -1.45. The van der Waals surface area contributed by atoms with Crippen molar-refractivity contribution in [3.05, 3.63) is 54.1 Å². The molecule has 4 aromatic rings. The van der Waals surface area contributed by atoms with Crippen LogP contribution in [0.3, 0.4) is 0 Å². The van der Waals surface area contributed by atoms with Gasteiger partial charge in [0.25, 0.3) is 0 Å². The third-order valence-corrected chi connectivity index (χ3v) is 5.58. The third kappa shape index (κ3) is 2.34. The third-order valence-electron chi connectivity index (χ3n) is 4.37. The number of aryl methyl sites for hydroxylation is 1. The zero-order chi connectivity index (χ0) is 16.0. The summed E-state index contributed by atoms with van der Waals surface area (Å²) in [6.45, 7) is 2.18. The average Bonchev–Trinajstić information content (AvgIpc) is 2.93. The number of hydrogen-bond acceptors (Lipinski definition) is 3. The Morgan fingerprint density at radius 2 is 1.83 bits per heavy atom. The van der Waals surface area contributed by atoms with E-state index in [9.17, 15) is 10.0 Å². The molecule has 0 aliphatic carbocycles. The van der Waals surface area contributed by atoms with Crippen LogP contribution in [0.5, 0.6) is 0 Å². The van der Waals surface area contributed by atoms with Gasteiger partial charge in [-0.2, -0.15) is 0 Å². The van der Waals surface area contributed by atoms with Gasteiger partial charge >= 0.3 is 7.12 Å². The first-order valence-corrected chi connectivity index (χ1v) is 8.73. The van der Waals surface area contributed by atoms with Gasteiger partial charge in [0.1, 0.15) is 0 Å². The molecule has 0 atom stereocenters. The van der Waals surface area contributed by atoms with Crippen molar-refractivity contribution in [2.75, 3.05) is 0 Å². The van der Waals surface area contributed by atoms with E-state index in [1.165, 1.54) is 21.0 Å². The Bertz CT molecular complexity index is 1020. The lowest BCUT2D eigenvalue weighted by molar-refractivity contribution is 0.426. The summed E-state index contributed by atoms with van der Waals surface area (Å²) in [5.41, 5.74) is 1.93. The maximum atomic E-state index is 9.81. The molecule has 1 heterocycles. The molecule has 0 saturated carbocycles. The summed E-state index contributed by atoms with van der Waals surface area (Å²) in [5.74, 6) is 0. The molecule has 2 nitrogen and oxygen atoms in total. The van der Waals surface area contributed by atoms with Crippen molar-refractivity contribution in [3.8, 4) is 0 Å². The zero-order valence-corrected chi connectivity index (χ0v) is 13.7. The van der Waals surface area contributed by atoms with Gasteiger partial charge in [-0.1, -0.05) is 55.8 Å². The summed E-state index contributed by atoms with van der Waals surface area (Å²) >= 11 is 1.65. The summed E-state index contributed by atoms with van der Waals surface area (Å²) in [6.07, 6.45) is 2.19. The van der Waals surface area contributed by atoms with Gasteiger partial charge in [0.2, 0.25) is 0 Å². The van der Waals surface area contributed by atoms with Gasteiger partial charge < -0.3 is 10.0 Å². The molecular weight excluding hydrogens is 303 g/mol. The first-order chi connectivity index (χ1) is 11.2. The quantitative estimate of drug-likeness (QED) is 0.563. The Morgan fingerprint density at radius 1 is 1.00 bits per heavy atom. The van der Waals surface area contributed by atoms with E-state index in [2.05, 4.69) is 31.2 Å². The first-order valence-electron chi connectivity index (χ1n) is 7.92. The number of thiophene rings is 1. The summed E-state index contributed by atoms with van der Waals surface area (Å²) in [7, 11) is -1.45. The molecule has 0 amide bonds. The van der Waals surface area contributed by atoms with Crippen LogP contribution in [0.4, 0.5) is 0 Å². The molecular formula is C19H17BO2S. The van der Waals surface area contributed by atoms with Crippen LogP contribution in [0.15, 0.2) is 48.5 Å². The highest BCUT2D eigenvalue weighted by atomic mass is 32.1. The Labute approximate surface area is 139 Å². The van der Waals surface area contributed by atoms with Gasteiger partial charge in [0.15, 0.2) is 0 Å². The van der Waals surface area contributed by atoms with Gasteiger partial charge in [-0.3, -0.25) is 0 Å². The van der Waals surface area contributed by atoms with Gasteiger partial charge in [0, 0.05) is 25.6 Å². The monoisotopic (exact) mass is 320 g/mol. The van der Waals surface area contributed by atoms with Crippen LogP contribution >= 0.6 is 11.3 Å². The van der Waals surface area contributed by atoms with Crippen LogP contribution in [-0.2, 0) is 6.42 Å². The molecule has 3 aromatic carbocycles. The summed E-state index contributed by atoms with van der Waals surface area (Å²) in [4.78, 5) is 0. The summed E-state index contributed by atoms with van der Waals surface area (Å²) in [5, 5.41) is 24.2. The molecule has 4 rings (SSSR count). The van der Waals surface area contributed by atoms with Gasteiger partial charge in [-0.15, -0.1) is 11.3 Å². The van der Waals surface area contributed by atoms with Crippen LogP contribution in [0.2, 0.25) is 0 Å². The molecule has 0 saturated heterocycles. The number of fused-ring (bicyclic) bond motifs is 5. The zero-order valence-electron chi connectivity index (χ0n) is 12.9. The molecule has 23 heavy (non-hydrogen) atoms. The number of benzene rings is 3. The van der Waals surface area contributed by atoms with Gasteiger partial charge in [-0.05, 0) is 28.8 Å². The number of hydrogen-bond donors (Lipinski definition) is 2. The van der Waals surface area contributed by atoms with Crippen molar-refractivity contribution in [3.63, 3.8) is 0 Å². The fourth-order valence-electron chi connectivity index (χ4n) is 3.33. The topological polar surface area (TPSA) is 40.5 Å². The van der Waals surface area contributed by atoms with Crippen molar-refractivity contribution in [2.45, 2.75) is 19.8 Å². The van der Waals surface area contributed by atoms with Crippen LogP contribution in [-0.4, -0.2) is 17.2 Å². The molecule has 0 fully saturated rings. The second kappa shape index (κ2) is 5.64. The first kappa shape index (κ1) is 14.7. The smallest absolute Gasteiger partial charge is 0.423 e. The van der Waals surface area contributed by atoms with Crippen LogP contribution in [0.25, 0.3) is 30.9 Å². The lowest BCUT2D eigenvalue weighted by Gasteiger charge is -2.06. The molecule has 1 aromatic heterocycles. The molecule has 114 valence electrons. The van der Waals surface area contributed by atoms with E-state index in [0.717, 1.165) is 28.3 Å². The lowest BCUT2D eigenvalue weighted by Crippen LogP contribution is -2.29. The summed E-state index contributed by atoms with van der Waals surface area (Å²) < 4.78 is 2.19. The van der Waals surface area contributed by atoms with E-state index in [-0.39, 0.29) is 0 Å². The minimum absolute atomic E-state index is 0.594. The van der Waals surface area contributed by atoms with E-state index in [1.807, 2.05) is 24.3 Å². The molecule has 0 radical (unpaired) electrons. The van der Waals surface area contributed by atoms with Crippen LogP contribution in [0.1, 0.15) is 18.9 Å². The molecule has 0 unspecified atom stereocenters. The largest absolute Gasteiger partial charge is 0.489 e. The molecule has 2 N–H and O–H groups in total. The van der Waals surface area contributed by atoms with Crippen LogP contribution < -0.4 is 5.46 Å². The predicted molar refractivity (Wildman–Crippen MR) is 101 cm³/mol. The Balaban J connectivity index is 2.16. The van der Waals surface area contributed by atoms with E-state index >= 15 is 0 Å². The maximum Gasteiger partial charge on any atom is 0.489 e. The Hall–Kier alpha value is -1.88. The molecule has 4 heteroatoms. The van der Waals surface area contributed by atoms with E-state index < -0.39 is 7.12 Å². The second-order valence-corrected chi connectivity index (χ2v) is 7.00. The van der Waals surface area contributed by atoms with Gasteiger partial charge in [0.05, 0.1) is 0 Å². The predicted octanol–water partition coefficient (Wildman–Crippen LogP) is 3.84. The number of rotatable bonds is 3. The maximum absolute atomic E-state index is 9.81. The molecule has 0 spiro atoms. The van der Waals surface area contributed by atoms with Crippen molar-refractivity contribution in [2.24, 2.45) is 0 Å². The van der Waals surface area contributed by atoms with E-state index in [4.69, 9.17) is 0 Å². The normalized spacial score (nSPS) is 11.6. The fraction of sp³-hybridized carbons (Fsp3) is 0.158. The van der Waals surface area contributed by atoms with Crippen molar-refractivity contribution < 1.29 is 10.0 Å². The van der Waals surface area contributed by atoms with Crippen molar-refractivity contribution in [1.29, 1.82) is 0 Å². The van der Waals surface area contributed by atoms with Crippen LogP contribution in [0, 0.1) is 0 Å². The van der Waals surface area contributed by atoms with Gasteiger partial charge in [-0.25, -0.2) is 0 Å². The lowest BCUT2D eigenvalue weighted by atomic mass is 9.78. The molecule has 0 bridgehead atoms. The summed E-state index contributed by atoms with van der Waals surface area (Å²) in [6, 6.07) is 16.7. The van der Waals surface area contributed by atoms with E-state index in [1.54, 1.807) is 11.3 Å².